The molecule has 196 valence electrons. The molecule has 2 aliphatic rings. The zero-order chi connectivity index (χ0) is 25.0. The predicted octanol–water partition coefficient (Wildman–Crippen LogP) is 3.14. The van der Waals surface area contributed by atoms with Crippen molar-refractivity contribution in [3.8, 4) is 11.4 Å². The minimum absolute atomic E-state index is 0.0944. The number of carbonyl (C=O) groups is 1. The van der Waals surface area contributed by atoms with Gasteiger partial charge in [0.05, 0.1) is 33.0 Å². The van der Waals surface area contributed by atoms with E-state index in [1.54, 1.807) is 0 Å². The Kier molecular flexibility index (Phi) is 10.1. The van der Waals surface area contributed by atoms with Gasteiger partial charge in [0.2, 0.25) is 11.9 Å². The van der Waals surface area contributed by atoms with Gasteiger partial charge in [-0.2, -0.15) is 15.0 Å². The lowest BCUT2D eigenvalue weighted by Gasteiger charge is -2.30. The Balaban J connectivity index is 1.33. The van der Waals surface area contributed by atoms with Crippen LogP contribution in [0, 0.1) is 0 Å². The second-order valence-electron chi connectivity index (χ2n) is 8.93. The van der Waals surface area contributed by atoms with Gasteiger partial charge in [0.15, 0.2) is 5.82 Å². The molecule has 0 aliphatic carbocycles. The lowest BCUT2D eigenvalue weighted by molar-refractivity contribution is -0.143. The van der Waals surface area contributed by atoms with Crippen LogP contribution in [0.25, 0.3) is 11.4 Å². The maximum absolute atomic E-state index is 11.4. The molecule has 1 aromatic carbocycles. The van der Waals surface area contributed by atoms with E-state index in [2.05, 4.69) is 39.4 Å². The van der Waals surface area contributed by atoms with E-state index < -0.39 is 0 Å². The number of anilines is 3. The van der Waals surface area contributed by atoms with Crippen molar-refractivity contribution in [2.75, 3.05) is 80.9 Å². The Labute approximate surface area is 213 Å². The molecular formula is C26H38N6O4. The maximum Gasteiger partial charge on any atom is 0.305 e. The van der Waals surface area contributed by atoms with E-state index in [1.165, 1.54) is 0 Å². The van der Waals surface area contributed by atoms with Crippen LogP contribution < -0.4 is 15.1 Å². The lowest BCUT2D eigenvalue weighted by Crippen LogP contribution is -2.40. The summed E-state index contributed by atoms with van der Waals surface area (Å²) in [6.45, 7) is 9.01. The van der Waals surface area contributed by atoms with Crippen molar-refractivity contribution in [2.24, 2.45) is 0 Å². The highest BCUT2D eigenvalue weighted by molar-refractivity contribution is 5.69. The minimum Gasteiger partial charge on any atom is -0.466 e. The fraction of sp³-hybridized carbons (Fsp3) is 0.615. The molecular weight excluding hydrogens is 460 g/mol. The molecule has 1 N–H and O–H groups in total. The first-order valence-electron chi connectivity index (χ1n) is 13.1. The third-order valence-corrected chi connectivity index (χ3v) is 6.28. The molecule has 0 spiro atoms. The Morgan fingerprint density at radius 1 is 0.861 bits per heavy atom. The summed E-state index contributed by atoms with van der Waals surface area (Å²) < 4.78 is 16.0. The van der Waals surface area contributed by atoms with Crippen LogP contribution in [0.2, 0.25) is 0 Å². The summed E-state index contributed by atoms with van der Waals surface area (Å²) in [7, 11) is 0. The van der Waals surface area contributed by atoms with Crippen LogP contribution in [0.5, 0.6) is 0 Å². The van der Waals surface area contributed by atoms with Crippen LogP contribution in [-0.4, -0.2) is 86.7 Å². The second kappa shape index (κ2) is 13.9. The molecule has 0 unspecified atom stereocenters. The number of nitrogens with one attached hydrogen (secondary N) is 1. The number of morpholine rings is 2. The molecule has 2 fully saturated rings. The molecule has 2 aromatic rings. The fourth-order valence-electron chi connectivity index (χ4n) is 4.24. The highest BCUT2D eigenvalue weighted by atomic mass is 16.5. The Morgan fingerprint density at radius 3 is 2.03 bits per heavy atom. The molecule has 4 rings (SSSR count). The number of aromatic nitrogens is 3. The average Bonchev–Trinajstić information content (AvgIpc) is 2.94. The first kappa shape index (κ1) is 26.1. The molecule has 10 heteroatoms. The van der Waals surface area contributed by atoms with Crippen molar-refractivity contribution in [1.82, 2.24) is 15.0 Å². The molecule has 0 amide bonds. The third kappa shape index (κ3) is 7.76. The minimum atomic E-state index is -0.0944. The summed E-state index contributed by atoms with van der Waals surface area (Å²) >= 11 is 0. The lowest BCUT2D eigenvalue weighted by atomic mass is 10.1. The molecule has 3 heterocycles. The summed E-state index contributed by atoms with van der Waals surface area (Å²) in [5, 5.41) is 3.48. The van der Waals surface area contributed by atoms with Crippen LogP contribution in [0.3, 0.4) is 0 Å². The van der Waals surface area contributed by atoms with Crippen LogP contribution in [0.4, 0.5) is 17.6 Å². The molecule has 2 saturated heterocycles. The van der Waals surface area contributed by atoms with E-state index in [-0.39, 0.29) is 5.97 Å². The topological polar surface area (TPSA) is 102 Å². The van der Waals surface area contributed by atoms with Crippen molar-refractivity contribution in [3.05, 3.63) is 24.3 Å². The van der Waals surface area contributed by atoms with Crippen LogP contribution in [0.15, 0.2) is 24.3 Å². The van der Waals surface area contributed by atoms with E-state index in [0.717, 1.165) is 69.7 Å². The molecule has 36 heavy (non-hydrogen) atoms. The maximum atomic E-state index is 11.4. The largest absolute Gasteiger partial charge is 0.466 e. The predicted molar refractivity (Wildman–Crippen MR) is 140 cm³/mol. The highest BCUT2D eigenvalue weighted by Crippen LogP contribution is 2.24. The SMILES string of the molecule is CCOC(=O)CCCCCCNc1ccc(-c2nc(N3CCOCC3)nc(N3CCOCC3)n2)cc1. The Hall–Kier alpha value is -2.98. The van der Waals surface area contributed by atoms with E-state index in [0.29, 0.717) is 57.2 Å². The van der Waals surface area contributed by atoms with Gasteiger partial charge in [-0.25, -0.2) is 0 Å². The number of esters is 1. The molecule has 0 bridgehead atoms. The van der Waals surface area contributed by atoms with Crippen molar-refractivity contribution in [3.63, 3.8) is 0 Å². The number of benzene rings is 1. The number of nitrogens with zero attached hydrogens (tertiary/aromatic N) is 5. The van der Waals surface area contributed by atoms with Gasteiger partial charge in [0.25, 0.3) is 0 Å². The normalized spacial score (nSPS) is 16.1. The number of hydrogen-bond donors (Lipinski definition) is 1. The average molecular weight is 499 g/mol. The summed E-state index contributed by atoms with van der Waals surface area (Å²) in [4.78, 5) is 30.1. The standard InChI is InChI=1S/C26H38N6O4/c1-2-36-23(33)7-5-3-4-6-12-27-22-10-8-21(9-11-22)24-28-25(31-13-17-34-18-14-31)30-26(29-24)32-15-19-35-20-16-32/h8-11,27H,2-7,12-20H2,1H3. The Morgan fingerprint density at radius 2 is 1.44 bits per heavy atom. The number of carbonyl (C=O) groups excluding carboxylic acids is 1. The van der Waals surface area contributed by atoms with Gasteiger partial charge in [0, 0.05) is 50.4 Å². The van der Waals surface area contributed by atoms with Gasteiger partial charge >= 0.3 is 5.97 Å². The van der Waals surface area contributed by atoms with E-state index in [9.17, 15) is 4.79 Å². The number of hydrogen-bond acceptors (Lipinski definition) is 10. The monoisotopic (exact) mass is 498 g/mol. The molecule has 1 aromatic heterocycles. The number of ether oxygens (including phenoxy) is 3. The van der Waals surface area contributed by atoms with E-state index >= 15 is 0 Å². The summed E-state index contributed by atoms with van der Waals surface area (Å²) in [5.41, 5.74) is 2.03. The van der Waals surface area contributed by atoms with Crippen molar-refractivity contribution >= 4 is 23.6 Å². The molecule has 2 aliphatic heterocycles. The van der Waals surface area contributed by atoms with Gasteiger partial charge in [-0.3, -0.25) is 4.79 Å². The summed E-state index contributed by atoms with van der Waals surface area (Å²) in [6.07, 6.45) is 4.59. The van der Waals surface area contributed by atoms with Gasteiger partial charge < -0.3 is 29.3 Å². The smallest absolute Gasteiger partial charge is 0.305 e. The van der Waals surface area contributed by atoms with Gasteiger partial charge in [-0.05, 0) is 44.0 Å². The Bertz CT molecular complexity index is 910. The van der Waals surface area contributed by atoms with Crippen LogP contribution in [-0.2, 0) is 19.0 Å². The summed E-state index contributed by atoms with van der Waals surface area (Å²) in [5.74, 6) is 1.99. The number of rotatable bonds is 12. The second-order valence-corrected chi connectivity index (χ2v) is 8.93. The highest BCUT2D eigenvalue weighted by Gasteiger charge is 2.21. The van der Waals surface area contributed by atoms with Crippen LogP contribution >= 0.6 is 0 Å². The summed E-state index contributed by atoms with van der Waals surface area (Å²) in [6, 6.07) is 8.26. The third-order valence-electron chi connectivity index (χ3n) is 6.28. The molecule has 10 nitrogen and oxygen atoms in total. The van der Waals surface area contributed by atoms with Crippen molar-refractivity contribution in [2.45, 2.75) is 39.0 Å². The van der Waals surface area contributed by atoms with Gasteiger partial charge in [0.1, 0.15) is 0 Å². The van der Waals surface area contributed by atoms with Gasteiger partial charge in [-0.15, -0.1) is 0 Å². The van der Waals surface area contributed by atoms with Crippen LogP contribution in [0.1, 0.15) is 39.0 Å². The van der Waals surface area contributed by atoms with Crippen molar-refractivity contribution < 1.29 is 19.0 Å². The van der Waals surface area contributed by atoms with Gasteiger partial charge in [-0.1, -0.05) is 12.8 Å². The van der Waals surface area contributed by atoms with Crippen molar-refractivity contribution in [1.29, 1.82) is 0 Å². The first-order chi connectivity index (χ1) is 17.7. The first-order valence-corrected chi connectivity index (χ1v) is 13.1. The van der Waals surface area contributed by atoms with E-state index in [4.69, 9.17) is 29.2 Å². The fourth-order valence-corrected chi connectivity index (χ4v) is 4.24. The zero-order valence-corrected chi connectivity index (χ0v) is 21.3. The number of unbranched alkanes of at least 4 members (excludes halogenated alkanes) is 3. The molecule has 0 saturated carbocycles. The zero-order valence-electron chi connectivity index (χ0n) is 21.3. The van der Waals surface area contributed by atoms with E-state index in [1.807, 2.05) is 6.92 Å². The molecule has 0 atom stereocenters. The molecule has 0 radical (unpaired) electrons. The quantitative estimate of drug-likeness (QED) is 0.347.